The van der Waals surface area contributed by atoms with Crippen LogP contribution >= 0.6 is 11.6 Å². The van der Waals surface area contributed by atoms with Crippen molar-refractivity contribution >= 4 is 11.6 Å². The third kappa shape index (κ3) is 2.53. The Labute approximate surface area is 102 Å². The first-order chi connectivity index (χ1) is 8.10. The lowest BCUT2D eigenvalue weighted by Gasteiger charge is -2.03. The van der Waals surface area contributed by atoms with Gasteiger partial charge in [0.25, 0.3) is 5.56 Å². The monoisotopic (exact) mass is 252 g/mol. The van der Waals surface area contributed by atoms with Gasteiger partial charge in [-0.1, -0.05) is 18.5 Å². The number of halogens is 2. The summed E-state index contributed by atoms with van der Waals surface area (Å²) in [6.07, 6.45) is 0.659. The maximum Gasteiger partial charge on any atom is 0.251 e. The Kier molecular flexibility index (Phi) is 3.24. The Hall–Kier alpha value is -1.68. The van der Waals surface area contributed by atoms with E-state index in [1.807, 2.05) is 6.92 Å². The zero-order valence-electron chi connectivity index (χ0n) is 9.13. The van der Waals surface area contributed by atoms with Gasteiger partial charge in [-0.15, -0.1) is 0 Å². The van der Waals surface area contributed by atoms with Gasteiger partial charge in [0.05, 0.1) is 5.02 Å². The molecule has 0 aliphatic rings. The standard InChI is InChI=1S/C12H10ClFN2O/c1-2-8-6-11(17)16-12(15-8)7-3-4-10(14)9(13)5-7/h3-6H,2H2,1H3,(H,15,16,17). The molecule has 1 aromatic heterocycles. The number of nitrogens with one attached hydrogen (secondary N) is 1. The van der Waals surface area contributed by atoms with Crippen LogP contribution in [0.15, 0.2) is 29.1 Å². The molecule has 2 rings (SSSR count). The molecule has 5 heteroatoms. The van der Waals surface area contributed by atoms with Gasteiger partial charge in [0.1, 0.15) is 11.6 Å². The van der Waals surface area contributed by atoms with Gasteiger partial charge in [0.2, 0.25) is 0 Å². The van der Waals surface area contributed by atoms with Crippen LogP contribution in [-0.2, 0) is 6.42 Å². The Morgan fingerprint density at radius 2 is 2.18 bits per heavy atom. The van der Waals surface area contributed by atoms with Gasteiger partial charge < -0.3 is 4.98 Å². The predicted molar refractivity (Wildman–Crippen MR) is 64.6 cm³/mol. The van der Waals surface area contributed by atoms with Gasteiger partial charge in [0.15, 0.2) is 0 Å². The van der Waals surface area contributed by atoms with Gasteiger partial charge in [-0.25, -0.2) is 9.37 Å². The summed E-state index contributed by atoms with van der Waals surface area (Å²) in [6, 6.07) is 5.65. The average molecular weight is 253 g/mol. The zero-order chi connectivity index (χ0) is 12.4. The lowest BCUT2D eigenvalue weighted by atomic mass is 10.2. The summed E-state index contributed by atoms with van der Waals surface area (Å²) in [4.78, 5) is 18.2. The number of H-pyrrole nitrogens is 1. The number of aromatic nitrogens is 2. The Morgan fingerprint density at radius 3 is 2.82 bits per heavy atom. The van der Waals surface area contributed by atoms with Gasteiger partial charge >= 0.3 is 0 Å². The number of hydrogen-bond donors (Lipinski definition) is 1. The van der Waals surface area contributed by atoms with E-state index in [0.717, 1.165) is 0 Å². The van der Waals surface area contributed by atoms with Crippen LogP contribution in [0.1, 0.15) is 12.6 Å². The van der Waals surface area contributed by atoms with Gasteiger partial charge in [-0.2, -0.15) is 0 Å². The smallest absolute Gasteiger partial charge is 0.251 e. The van der Waals surface area contributed by atoms with Crippen LogP contribution in [0.25, 0.3) is 11.4 Å². The zero-order valence-corrected chi connectivity index (χ0v) is 9.88. The van der Waals surface area contributed by atoms with E-state index in [9.17, 15) is 9.18 Å². The molecule has 0 radical (unpaired) electrons. The minimum Gasteiger partial charge on any atom is -0.307 e. The van der Waals surface area contributed by atoms with Gasteiger partial charge in [-0.3, -0.25) is 4.79 Å². The van der Waals surface area contributed by atoms with E-state index >= 15 is 0 Å². The van der Waals surface area contributed by atoms with E-state index < -0.39 is 5.82 Å². The fourth-order valence-corrected chi connectivity index (χ4v) is 1.65. The van der Waals surface area contributed by atoms with Crippen LogP contribution in [0, 0.1) is 5.82 Å². The number of hydrogen-bond acceptors (Lipinski definition) is 2. The van der Waals surface area contributed by atoms with Crippen molar-refractivity contribution in [3.63, 3.8) is 0 Å². The largest absolute Gasteiger partial charge is 0.307 e. The van der Waals surface area contributed by atoms with Crippen molar-refractivity contribution in [1.29, 1.82) is 0 Å². The molecule has 0 amide bonds. The Bertz CT molecular complexity index is 610. The lowest BCUT2D eigenvalue weighted by Crippen LogP contribution is -2.09. The highest BCUT2D eigenvalue weighted by molar-refractivity contribution is 6.31. The van der Waals surface area contributed by atoms with Crippen LogP contribution < -0.4 is 5.56 Å². The van der Waals surface area contributed by atoms with Crippen molar-refractivity contribution in [1.82, 2.24) is 9.97 Å². The molecule has 17 heavy (non-hydrogen) atoms. The molecule has 0 saturated carbocycles. The minimum atomic E-state index is -0.496. The van der Waals surface area contributed by atoms with Crippen LogP contribution in [0.2, 0.25) is 5.02 Å². The quantitative estimate of drug-likeness (QED) is 0.893. The molecule has 0 unspecified atom stereocenters. The maximum absolute atomic E-state index is 13.0. The van der Waals surface area contributed by atoms with Crippen LogP contribution in [0.5, 0.6) is 0 Å². The highest BCUT2D eigenvalue weighted by atomic mass is 35.5. The fraction of sp³-hybridized carbons (Fsp3) is 0.167. The summed E-state index contributed by atoms with van der Waals surface area (Å²) < 4.78 is 13.0. The Balaban J connectivity index is 2.55. The predicted octanol–water partition coefficient (Wildman–Crippen LogP) is 2.79. The first-order valence-corrected chi connectivity index (χ1v) is 5.53. The van der Waals surface area contributed by atoms with Crippen molar-refractivity contribution in [3.05, 3.63) is 51.2 Å². The Morgan fingerprint density at radius 1 is 1.41 bits per heavy atom. The molecule has 88 valence electrons. The maximum atomic E-state index is 13.0. The third-order valence-electron chi connectivity index (χ3n) is 2.35. The molecular weight excluding hydrogens is 243 g/mol. The van der Waals surface area contributed by atoms with E-state index in [1.165, 1.54) is 24.3 Å². The first kappa shape index (κ1) is 11.8. The molecule has 0 atom stereocenters. The van der Waals surface area contributed by atoms with E-state index in [2.05, 4.69) is 9.97 Å². The molecule has 1 heterocycles. The highest BCUT2D eigenvalue weighted by Crippen LogP contribution is 2.21. The second-order valence-corrected chi connectivity index (χ2v) is 3.97. The normalized spacial score (nSPS) is 10.5. The molecule has 2 aromatic rings. The van der Waals surface area contributed by atoms with E-state index in [4.69, 9.17) is 11.6 Å². The topological polar surface area (TPSA) is 45.8 Å². The van der Waals surface area contributed by atoms with Crippen LogP contribution in [-0.4, -0.2) is 9.97 Å². The molecule has 1 aromatic carbocycles. The number of aromatic amines is 1. The molecule has 0 fully saturated rings. The van der Waals surface area contributed by atoms with Crippen molar-refractivity contribution < 1.29 is 4.39 Å². The molecule has 0 aliphatic carbocycles. The molecule has 1 N–H and O–H groups in total. The van der Waals surface area contributed by atoms with Crippen molar-refractivity contribution in [2.45, 2.75) is 13.3 Å². The minimum absolute atomic E-state index is 0.00653. The van der Waals surface area contributed by atoms with Gasteiger partial charge in [-0.05, 0) is 24.6 Å². The second-order valence-electron chi connectivity index (χ2n) is 3.57. The lowest BCUT2D eigenvalue weighted by molar-refractivity contribution is 0.628. The highest BCUT2D eigenvalue weighted by Gasteiger charge is 2.06. The molecule has 0 saturated heterocycles. The molecular formula is C12H10ClFN2O. The number of nitrogens with zero attached hydrogens (tertiary/aromatic N) is 1. The van der Waals surface area contributed by atoms with Crippen molar-refractivity contribution in [2.75, 3.05) is 0 Å². The van der Waals surface area contributed by atoms with E-state index in [-0.39, 0.29) is 10.6 Å². The molecule has 0 bridgehead atoms. The van der Waals surface area contributed by atoms with E-state index in [1.54, 1.807) is 0 Å². The third-order valence-corrected chi connectivity index (χ3v) is 2.64. The van der Waals surface area contributed by atoms with E-state index in [0.29, 0.717) is 23.5 Å². The van der Waals surface area contributed by atoms with Crippen LogP contribution in [0.3, 0.4) is 0 Å². The summed E-state index contributed by atoms with van der Waals surface area (Å²) in [5.74, 6) is -0.0966. The average Bonchev–Trinajstić information content (AvgIpc) is 2.32. The summed E-state index contributed by atoms with van der Waals surface area (Å²) in [5, 5.41) is 0.00653. The summed E-state index contributed by atoms with van der Waals surface area (Å²) in [5.41, 5.74) is 1.04. The second kappa shape index (κ2) is 4.67. The van der Waals surface area contributed by atoms with Crippen LogP contribution in [0.4, 0.5) is 4.39 Å². The summed E-state index contributed by atoms with van der Waals surface area (Å²) >= 11 is 5.68. The number of rotatable bonds is 2. The number of benzene rings is 1. The molecule has 0 spiro atoms. The SMILES string of the molecule is CCc1cc(=O)[nH]c(-c2ccc(F)c(Cl)c2)n1. The number of aryl methyl sites for hydroxylation is 1. The molecule has 3 nitrogen and oxygen atoms in total. The molecule has 0 aliphatic heterocycles. The van der Waals surface area contributed by atoms with Gasteiger partial charge in [0, 0.05) is 17.3 Å². The first-order valence-electron chi connectivity index (χ1n) is 5.16. The fourth-order valence-electron chi connectivity index (χ4n) is 1.47. The summed E-state index contributed by atoms with van der Waals surface area (Å²) in [6.45, 7) is 1.91. The van der Waals surface area contributed by atoms with Crippen molar-refractivity contribution in [3.8, 4) is 11.4 Å². The summed E-state index contributed by atoms with van der Waals surface area (Å²) in [7, 11) is 0. The van der Waals surface area contributed by atoms with Crippen molar-refractivity contribution in [2.24, 2.45) is 0 Å².